The number of nitrogens with zero attached hydrogens (tertiary/aromatic N) is 1. The summed E-state index contributed by atoms with van der Waals surface area (Å²) in [5.41, 5.74) is 1.88. The molecule has 0 spiro atoms. The number of fused-ring (bicyclic) bond motifs is 1. The van der Waals surface area contributed by atoms with E-state index in [1.807, 2.05) is 97.1 Å². The van der Waals surface area contributed by atoms with E-state index in [0.717, 1.165) is 47.6 Å². The van der Waals surface area contributed by atoms with Crippen LogP contribution in [0.5, 0.6) is 11.5 Å². The Balaban J connectivity index is 1.44. The van der Waals surface area contributed by atoms with Gasteiger partial charge in [0.2, 0.25) is 5.91 Å². The Hall–Kier alpha value is -4.32. The van der Waals surface area contributed by atoms with Crippen molar-refractivity contribution in [1.29, 1.82) is 0 Å². The quantitative estimate of drug-likeness (QED) is 0.237. The average molecular weight is 551 g/mol. The Morgan fingerprint density at radius 2 is 1.56 bits per heavy atom. The zero-order valence-corrected chi connectivity index (χ0v) is 23.6. The topological polar surface area (TPSA) is 67.9 Å². The van der Waals surface area contributed by atoms with Gasteiger partial charge in [0.1, 0.15) is 17.5 Å². The first kappa shape index (κ1) is 28.2. The van der Waals surface area contributed by atoms with Crippen molar-refractivity contribution in [3.8, 4) is 11.5 Å². The summed E-state index contributed by atoms with van der Waals surface area (Å²) in [6, 6.07) is 30.7. The summed E-state index contributed by atoms with van der Waals surface area (Å²) in [6.45, 7) is 0.0739. The SMILES string of the molecule is COc1cccc(CN(C(=O)COc2cccc3ccccc23)[C@@H](Cc2ccccc2)C(=O)NC2CCCCC2)c1. The van der Waals surface area contributed by atoms with Gasteiger partial charge in [-0.15, -0.1) is 0 Å². The van der Waals surface area contributed by atoms with Crippen LogP contribution >= 0.6 is 0 Å². The molecule has 1 aliphatic rings. The predicted octanol–water partition coefficient (Wildman–Crippen LogP) is 6.32. The van der Waals surface area contributed by atoms with Crippen LogP contribution < -0.4 is 14.8 Å². The zero-order chi connectivity index (χ0) is 28.4. The third-order valence-corrected chi connectivity index (χ3v) is 7.81. The van der Waals surface area contributed by atoms with Crippen molar-refractivity contribution >= 4 is 22.6 Å². The van der Waals surface area contributed by atoms with Crippen molar-refractivity contribution < 1.29 is 19.1 Å². The summed E-state index contributed by atoms with van der Waals surface area (Å²) in [5.74, 6) is 0.972. The highest BCUT2D eigenvalue weighted by Gasteiger charge is 2.32. The molecule has 0 aliphatic heterocycles. The number of rotatable bonds is 11. The van der Waals surface area contributed by atoms with E-state index in [1.54, 1.807) is 12.0 Å². The van der Waals surface area contributed by atoms with Crippen LogP contribution in [0.25, 0.3) is 10.8 Å². The van der Waals surface area contributed by atoms with Crippen molar-refractivity contribution in [1.82, 2.24) is 10.2 Å². The van der Waals surface area contributed by atoms with Gasteiger partial charge in [0.15, 0.2) is 6.61 Å². The van der Waals surface area contributed by atoms with Crippen LogP contribution in [0.4, 0.5) is 0 Å². The van der Waals surface area contributed by atoms with Crippen LogP contribution in [0.3, 0.4) is 0 Å². The van der Waals surface area contributed by atoms with Crippen LogP contribution in [0.2, 0.25) is 0 Å². The molecule has 0 heterocycles. The van der Waals surface area contributed by atoms with Gasteiger partial charge < -0.3 is 19.7 Å². The van der Waals surface area contributed by atoms with Crippen molar-refractivity contribution in [2.75, 3.05) is 13.7 Å². The van der Waals surface area contributed by atoms with E-state index in [1.165, 1.54) is 6.42 Å². The molecule has 1 aliphatic carbocycles. The highest BCUT2D eigenvalue weighted by Crippen LogP contribution is 2.26. The van der Waals surface area contributed by atoms with Crippen molar-refractivity contribution in [2.45, 2.75) is 57.2 Å². The number of carbonyl (C=O) groups is 2. The van der Waals surface area contributed by atoms with Gasteiger partial charge in [-0.1, -0.05) is 98.1 Å². The molecule has 212 valence electrons. The molecule has 2 amide bonds. The largest absolute Gasteiger partial charge is 0.497 e. The Morgan fingerprint density at radius 1 is 0.854 bits per heavy atom. The van der Waals surface area contributed by atoms with Gasteiger partial charge in [0.25, 0.3) is 5.91 Å². The standard InChI is InChI=1S/C35H38N2O4/c1-40-30-19-10-14-27(22-30)24-37(34(38)25-41-33-21-11-16-28-15-8-9-20-31(28)33)32(23-26-12-4-2-5-13-26)35(39)36-29-17-6-3-7-18-29/h2,4-5,8-16,19-22,29,32H,3,6-7,17-18,23-25H2,1H3,(H,36,39)/t32-/m0/s1. The molecule has 1 saturated carbocycles. The second-order valence-electron chi connectivity index (χ2n) is 10.7. The van der Waals surface area contributed by atoms with Crippen LogP contribution in [0.15, 0.2) is 97.1 Å². The van der Waals surface area contributed by atoms with E-state index in [4.69, 9.17) is 9.47 Å². The predicted molar refractivity (Wildman–Crippen MR) is 162 cm³/mol. The van der Waals surface area contributed by atoms with Gasteiger partial charge in [-0.3, -0.25) is 9.59 Å². The molecule has 0 radical (unpaired) electrons. The second kappa shape index (κ2) is 13.8. The van der Waals surface area contributed by atoms with Gasteiger partial charge in [-0.05, 0) is 47.6 Å². The van der Waals surface area contributed by atoms with Crippen molar-refractivity contribution in [3.63, 3.8) is 0 Å². The third-order valence-electron chi connectivity index (χ3n) is 7.81. The van der Waals surface area contributed by atoms with E-state index in [-0.39, 0.29) is 31.0 Å². The molecule has 0 aromatic heterocycles. The zero-order valence-electron chi connectivity index (χ0n) is 23.6. The van der Waals surface area contributed by atoms with Crippen LogP contribution in [0, 0.1) is 0 Å². The number of hydrogen-bond donors (Lipinski definition) is 1. The highest BCUT2D eigenvalue weighted by molar-refractivity contribution is 5.90. The number of benzene rings is 4. The maximum Gasteiger partial charge on any atom is 0.261 e. The van der Waals surface area contributed by atoms with E-state index >= 15 is 0 Å². The summed E-state index contributed by atoms with van der Waals surface area (Å²) >= 11 is 0. The molecule has 41 heavy (non-hydrogen) atoms. The molecule has 0 unspecified atom stereocenters. The summed E-state index contributed by atoms with van der Waals surface area (Å²) in [5, 5.41) is 5.27. The fraction of sp³-hybridized carbons (Fsp3) is 0.314. The van der Waals surface area contributed by atoms with Crippen molar-refractivity contribution in [3.05, 3.63) is 108 Å². The first-order valence-electron chi connectivity index (χ1n) is 14.5. The first-order valence-corrected chi connectivity index (χ1v) is 14.5. The lowest BCUT2D eigenvalue weighted by Crippen LogP contribution is -2.53. The Kier molecular flexibility index (Phi) is 9.53. The van der Waals surface area contributed by atoms with Crippen LogP contribution in [-0.4, -0.2) is 42.5 Å². The van der Waals surface area contributed by atoms with Gasteiger partial charge >= 0.3 is 0 Å². The van der Waals surface area contributed by atoms with E-state index < -0.39 is 6.04 Å². The number of amides is 2. The van der Waals surface area contributed by atoms with E-state index in [2.05, 4.69) is 5.32 Å². The number of carbonyl (C=O) groups excluding carboxylic acids is 2. The number of methoxy groups -OCH3 is 1. The number of nitrogens with one attached hydrogen (secondary N) is 1. The molecule has 4 aromatic carbocycles. The first-order chi connectivity index (χ1) is 20.1. The summed E-state index contributed by atoms with van der Waals surface area (Å²) in [6.07, 6.45) is 5.77. The van der Waals surface area contributed by atoms with E-state index in [0.29, 0.717) is 17.9 Å². The van der Waals surface area contributed by atoms with Gasteiger partial charge in [-0.25, -0.2) is 0 Å². The number of ether oxygens (including phenoxy) is 2. The Morgan fingerprint density at radius 3 is 2.37 bits per heavy atom. The molecule has 0 saturated heterocycles. The summed E-state index contributed by atoms with van der Waals surface area (Å²) in [4.78, 5) is 29.7. The van der Waals surface area contributed by atoms with Gasteiger partial charge in [0.05, 0.1) is 7.11 Å². The molecule has 1 fully saturated rings. The fourth-order valence-corrected chi connectivity index (χ4v) is 5.61. The molecule has 1 N–H and O–H groups in total. The minimum absolute atomic E-state index is 0.123. The van der Waals surface area contributed by atoms with Gasteiger partial charge in [0, 0.05) is 24.4 Å². The number of hydrogen-bond acceptors (Lipinski definition) is 4. The minimum atomic E-state index is -0.700. The molecule has 6 nitrogen and oxygen atoms in total. The summed E-state index contributed by atoms with van der Waals surface area (Å²) < 4.78 is 11.6. The average Bonchev–Trinajstić information content (AvgIpc) is 3.02. The van der Waals surface area contributed by atoms with E-state index in [9.17, 15) is 9.59 Å². The smallest absolute Gasteiger partial charge is 0.261 e. The molecular formula is C35H38N2O4. The fourth-order valence-electron chi connectivity index (χ4n) is 5.61. The Labute approximate surface area is 242 Å². The lowest BCUT2D eigenvalue weighted by Gasteiger charge is -2.33. The third kappa shape index (κ3) is 7.46. The monoisotopic (exact) mass is 550 g/mol. The maximum absolute atomic E-state index is 14.0. The lowest BCUT2D eigenvalue weighted by atomic mass is 9.94. The maximum atomic E-state index is 14.0. The Bertz CT molecular complexity index is 1440. The molecule has 1 atom stereocenters. The van der Waals surface area contributed by atoms with Crippen molar-refractivity contribution in [2.24, 2.45) is 0 Å². The molecule has 4 aromatic rings. The van der Waals surface area contributed by atoms with Gasteiger partial charge in [-0.2, -0.15) is 0 Å². The molecule has 6 heteroatoms. The molecule has 0 bridgehead atoms. The molecule has 5 rings (SSSR count). The summed E-state index contributed by atoms with van der Waals surface area (Å²) in [7, 11) is 1.62. The highest BCUT2D eigenvalue weighted by atomic mass is 16.5. The second-order valence-corrected chi connectivity index (χ2v) is 10.7. The minimum Gasteiger partial charge on any atom is -0.497 e. The normalized spacial score (nSPS) is 14.3. The van der Waals surface area contributed by atoms with Crippen LogP contribution in [-0.2, 0) is 22.6 Å². The van der Waals surface area contributed by atoms with Crippen LogP contribution in [0.1, 0.15) is 43.2 Å². The lowest BCUT2D eigenvalue weighted by molar-refractivity contribution is -0.143. The molecular weight excluding hydrogens is 512 g/mol.